The number of nitrogens with zero attached hydrogens (tertiary/aromatic N) is 2. The minimum absolute atomic E-state index is 0.115. The number of benzene rings is 2. The summed E-state index contributed by atoms with van der Waals surface area (Å²) < 4.78 is 17.0. The fraction of sp³-hybridized carbons (Fsp3) is 0.250. The largest absolute Gasteiger partial charge is 0.494 e. The Balaban J connectivity index is 1.67. The van der Waals surface area contributed by atoms with E-state index in [-0.39, 0.29) is 5.92 Å². The number of para-hydroxylation sites is 1. The van der Waals surface area contributed by atoms with Crippen LogP contribution in [0.4, 0.5) is 0 Å². The molecule has 1 atom stereocenters. The minimum atomic E-state index is -0.115. The van der Waals surface area contributed by atoms with Crippen LogP contribution in [0.2, 0.25) is 0 Å². The molecule has 26 heavy (non-hydrogen) atoms. The molecule has 2 aliphatic rings. The van der Waals surface area contributed by atoms with Crippen molar-refractivity contribution in [1.82, 2.24) is 0 Å². The molecule has 1 unspecified atom stereocenters. The maximum Gasteiger partial charge on any atom is 0.207 e. The van der Waals surface area contributed by atoms with Crippen molar-refractivity contribution < 1.29 is 14.2 Å². The predicted octanol–water partition coefficient (Wildman–Crippen LogP) is 3.83. The summed E-state index contributed by atoms with van der Waals surface area (Å²) in [5.41, 5.74) is 1.92. The van der Waals surface area contributed by atoms with E-state index in [9.17, 15) is 0 Å². The molecule has 0 bridgehead atoms. The molecule has 2 aromatic rings. The van der Waals surface area contributed by atoms with Crippen LogP contribution in [-0.2, 0) is 6.42 Å². The molecule has 0 amide bonds. The average molecular weight is 366 g/mol. The summed E-state index contributed by atoms with van der Waals surface area (Å²) in [5, 5.41) is 0. The highest BCUT2D eigenvalue weighted by atomic mass is 32.1. The van der Waals surface area contributed by atoms with Gasteiger partial charge in [-0.25, -0.2) is 4.99 Å². The van der Waals surface area contributed by atoms with Crippen LogP contribution in [0.15, 0.2) is 52.4 Å². The van der Waals surface area contributed by atoms with Crippen LogP contribution in [0.5, 0.6) is 17.2 Å². The zero-order valence-corrected chi connectivity index (χ0v) is 15.4. The molecule has 2 aliphatic heterocycles. The summed E-state index contributed by atoms with van der Waals surface area (Å²) in [6, 6.07) is 13.5. The van der Waals surface area contributed by atoms with Gasteiger partial charge in [-0.15, -0.1) is 0 Å². The van der Waals surface area contributed by atoms with Crippen molar-refractivity contribution in [3.63, 3.8) is 0 Å². The van der Waals surface area contributed by atoms with E-state index in [1.54, 1.807) is 7.11 Å². The predicted molar refractivity (Wildman–Crippen MR) is 105 cm³/mol. The lowest BCUT2D eigenvalue weighted by Crippen LogP contribution is -2.36. The number of thiocarbonyl (C=S) groups is 1. The number of hydrogen-bond donors (Lipinski definition) is 0. The van der Waals surface area contributed by atoms with Gasteiger partial charge >= 0.3 is 0 Å². The lowest BCUT2D eigenvalue weighted by atomic mass is 9.94. The number of aliphatic imine (C=N–C) groups is 2. The van der Waals surface area contributed by atoms with Gasteiger partial charge in [0.25, 0.3) is 0 Å². The van der Waals surface area contributed by atoms with Gasteiger partial charge in [-0.2, -0.15) is 4.99 Å². The average Bonchev–Trinajstić information content (AvgIpc) is 2.67. The summed E-state index contributed by atoms with van der Waals surface area (Å²) in [5.74, 6) is 3.23. The Morgan fingerprint density at radius 2 is 1.96 bits per heavy atom. The molecule has 0 radical (unpaired) electrons. The van der Waals surface area contributed by atoms with E-state index in [1.807, 2.05) is 49.4 Å². The van der Waals surface area contributed by atoms with Gasteiger partial charge in [0.2, 0.25) is 5.90 Å². The molecular formula is C20H18N2O3S. The Kier molecular flexibility index (Phi) is 4.42. The van der Waals surface area contributed by atoms with E-state index in [0.29, 0.717) is 41.2 Å². The molecule has 0 aliphatic carbocycles. The van der Waals surface area contributed by atoms with Gasteiger partial charge in [0.15, 0.2) is 17.3 Å². The molecule has 132 valence electrons. The first-order chi connectivity index (χ1) is 12.7. The highest BCUT2D eigenvalue weighted by Gasteiger charge is 2.34. The van der Waals surface area contributed by atoms with Crippen molar-refractivity contribution in [2.45, 2.75) is 13.3 Å². The first-order valence-electron chi connectivity index (χ1n) is 8.47. The molecule has 2 heterocycles. The third kappa shape index (κ3) is 2.97. The second-order valence-corrected chi connectivity index (χ2v) is 6.41. The highest BCUT2D eigenvalue weighted by Crippen LogP contribution is 2.38. The number of hydrogen-bond acceptors (Lipinski definition) is 5. The van der Waals surface area contributed by atoms with E-state index in [2.05, 4.69) is 9.98 Å². The van der Waals surface area contributed by atoms with E-state index in [4.69, 9.17) is 26.4 Å². The molecule has 0 spiro atoms. The Hall–Kier alpha value is -2.73. The van der Waals surface area contributed by atoms with Crippen LogP contribution < -0.4 is 14.2 Å². The van der Waals surface area contributed by atoms with E-state index >= 15 is 0 Å². The summed E-state index contributed by atoms with van der Waals surface area (Å²) in [6.45, 7) is 2.58. The van der Waals surface area contributed by atoms with Gasteiger partial charge in [0, 0.05) is 5.56 Å². The number of ether oxygens (including phenoxy) is 3. The molecule has 5 nitrogen and oxygen atoms in total. The Bertz CT molecular complexity index is 919. The SMILES string of the molecule is CCOc1ccc(C2=NC(=S)C3Cc4cccc(OC)c4OC3=N2)cc1. The van der Waals surface area contributed by atoms with Crippen molar-refractivity contribution in [1.29, 1.82) is 0 Å². The molecule has 0 aromatic heterocycles. The van der Waals surface area contributed by atoms with Crippen molar-refractivity contribution >= 4 is 28.9 Å². The zero-order chi connectivity index (χ0) is 18.1. The van der Waals surface area contributed by atoms with Gasteiger partial charge in [0.1, 0.15) is 10.7 Å². The highest BCUT2D eigenvalue weighted by molar-refractivity contribution is 7.80. The van der Waals surface area contributed by atoms with Gasteiger partial charge < -0.3 is 14.2 Å². The second kappa shape index (κ2) is 6.88. The number of methoxy groups -OCH3 is 1. The second-order valence-electron chi connectivity index (χ2n) is 5.99. The Morgan fingerprint density at radius 3 is 2.69 bits per heavy atom. The van der Waals surface area contributed by atoms with E-state index in [0.717, 1.165) is 16.9 Å². The van der Waals surface area contributed by atoms with Gasteiger partial charge in [-0.3, -0.25) is 0 Å². The number of rotatable bonds is 4. The van der Waals surface area contributed by atoms with Crippen LogP contribution in [0, 0.1) is 5.92 Å². The van der Waals surface area contributed by atoms with Crippen molar-refractivity contribution in [3.05, 3.63) is 53.6 Å². The molecule has 0 saturated heterocycles. The summed E-state index contributed by atoms with van der Waals surface area (Å²) in [4.78, 5) is 9.76. The third-order valence-electron chi connectivity index (χ3n) is 4.36. The minimum Gasteiger partial charge on any atom is -0.494 e. The first-order valence-corrected chi connectivity index (χ1v) is 8.88. The van der Waals surface area contributed by atoms with Crippen LogP contribution in [0.1, 0.15) is 18.1 Å². The van der Waals surface area contributed by atoms with Gasteiger partial charge in [-0.05, 0) is 49.2 Å². The first kappa shape index (κ1) is 16.7. The van der Waals surface area contributed by atoms with Crippen molar-refractivity contribution in [2.24, 2.45) is 15.9 Å². The summed E-state index contributed by atoms with van der Waals surface area (Å²) >= 11 is 5.53. The topological polar surface area (TPSA) is 52.4 Å². The summed E-state index contributed by atoms with van der Waals surface area (Å²) in [6.07, 6.45) is 0.713. The third-order valence-corrected chi connectivity index (χ3v) is 4.74. The molecule has 6 heteroatoms. The lowest BCUT2D eigenvalue weighted by molar-refractivity contribution is 0.340. The molecular weight excluding hydrogens is 348 g/mol. The summed E-state index contributed by atoms with van der Waals surface area (Å²) in [7, 11) is 1.63. The standard InChI is InChI=1S/C20H18N2O3S/c1-3-24-14-9-7-12(8-10-14)18-21-19-15(20(26)22-18)11-13-5-4-6-16(23-2)17(13)25-19/h4-10,15H,3,11H2,1-2H3. The van der Waals surface area contributed by atoms with E-state index in [1.165, 1.54) is 0 Å². The van der Waals surface area contributed by atoms with Gasteiger partial charge in [-0.1, -0.05) is 24.4 Å². The van der Waals surface area contributed by atoms with E-state index < -0.39 is 0 Å². The normalized spacial score (nSPS) is 18.1. The Morgan fingerprint density at radius 1 is 1.15 bits per heavy atom. The Labute approximate surface area is 157 Å². The lowest BCUT2D eigenvalue weighted by Gasteiger charge is -2.29. The molecule has 0 N–H and O–H groups in total. The maximum absolute atomic E-state index is 6.07. The zero-order valence-electron chi connectivity index (χ0n) is 14.6. The fourth-order valence-corrected chi connectivity index (χ4v) is 3.35. The van der Waals surface area contributed by atoms with Crippen LogP contribution >= 0.6 is 12.2 Å². The maximum atomic E-state index is 6.07. The van der Waals surface area contributed by atoms with Crippen LogP contribution in [-0.4, -0.2) is 30.4 Å². The van der Waals surface area contributed by atoms with Crippen molar-refractivity contribution in [2.75, 3.05) is 13.7 Å². The molecule has 0 saturated carbocycles. The number of fused-ring (bicyclic) bond motifs is 2. The quantitative estimate of drug-likeness (QED) is 0.772. The number of amidine groups is 1. The van der Waals surface area contributed by atoms with Gasteiger partial charge in [0.05, 0.1) is 19.6 Å². The van der Waals surface area contributed by atoms with Crippen molar-refractivity contribution in [3.8, 4) is 17.2 Å². The monoisotopic (exact) mass is 366 g/mol. The van der Waals surface area contributed by atoms with Crippen LogP contribution in [0.3, 0.4) is 0 Å². The molecule has 2 aromatic carbocycles. The molecule has 0 fully saturated rings. The van der Waals surface area contributed by atoms with Crippen LogP contribution in [0.25, 0.3) is 0 Å². The smallest absolute Gasteiger partial charge is 0.207 e. The molecule has 4 rings (SSSR count). The fourth-order valence-electron chi connectivity index (χ4n) is 3.08.